The maximum absolute atomic E-state index is 11.6. The molecule has 0 spiro atoms. The highest BCUT2D eigenvalue weighted by molar-refractivity contribution is 5.76. The highest BCUT2D eigenvalue weighted by Gasteiger charge is 2.35. The molecule has 1 aliphatic rings. The smallest absolute Gasteiger partial charge is 0.407 e. The molecule has 6 heteroatoms. The largest absolute Gasteiger partial charge is 0.469 e. The lowest BCUT2D eigenvalue weighted by atomic mass is 10.0. The molecular formula is C11H20N2O4. The van der Waals surface area contributed by atoms with Crippen molar-refractivity contribution in [2.75, 3.05) is 20.2 Å². The van der Waals surface area contributed by atoms with Crippen molar-refractivity contribution < 1.29 is 19.1 Å². The Hall–Kier alpha value is -1.30. The minimum atomic E-state index is -0.545. The van der Waals surface area contributed by atoms with Crippen molar-refractivity contribution in [2.24, 2.45) is 5.92 Å². The summed E-state index contributed by atoms with van der Waals surface area (Å²) in [5.41, 5.74) is -0.545. The fourth-order valence-electron chi connectivity index (χ4n) is 1.69. The second-order valence-corrected chi connectivity index (χ2v) is 5.04. The number of methoxy groups -OCH3 is 1. The summed E-state index contributed by atoms with van der Waals surface area (Å²) in [6.07, 6.45) is -0.514. The van der Waals surface area contributed by atoms with Gasteiger partial charge in [0.2, 0.25) is 0 Å². The first kappa shape index (κ1) is 13.8. The second kappa shape index (κ2) is 5.35. The third-order valence-corrected chi connectivity index (χ3v) is 2.42. The molecule has 0 unspecified atom stereocenters. The van der Waals surface area contributed by atoms with E-state index in [9.17, 15) is 9.59 Å². The number of alkyl carbamates (subject to hydrolysis) is 1. The van der Waals surface area contributed by atoms with Crippen LogP contribution >= 0.6 is 0 Å². The molecule has 1 rings (SSSR count). The molecule has 0 aromatic rings. The predicted octanol–water partition coefficient (Wildman–Crippen LogP) is 0.272. The molecule has 2 N–H and O–H groups in total. The van der Waals surface area contributed by atoms with Gasteiger partial charge in [0.1, 0.15) is 5.60 Å². The molecule has 6 nitrogen and oxygen atoms in total. The minimum Gasteiger partial charge on any atom is -0.469 e. The van der Waals surface area contributed by atoms with Crippen LogP contribution < -0.4 is 10.6 Å². The zero-order valence-corrected chi connectivity index (χ0v) is 10.7. The van der Waals surface area contributed by atoms with Crippen LogP contribution in [0.15, 0.2) is 0 Å². The molecule has 0 saturated carbocycles. The molecule has 1 fully saturated rings. The van der Waals surface area contributed by atoms with Crippen molar-refractivity contribution in [3.8, 4) is 0 Å². The molecule has 1 saturated heterocycles. The second-order valence-electron chi connectivity index (χ2n) is 5.04. The summed E-state index contributed by atoms with van der Waals surface area (Å²) in [6.45, 7) is 6.41. The van der Waals surface area contributed by atoms with Gasteiger partial charge in [-0.15, -0.1) is 0 Å². The average molecular weight is 244 g/mol. The third kappa shape index (κ3) is 4.22. The molecule has 0 radical (unpaired) electrons. The molecule has 98 valence electrons. The summed E-state index contributed by atoms with van der Waals surface area (Å²) in [7, 11) is 1.34. The summed E-state index contributed by atoms with van der Waals surface area (Å²) < 4.78 is 9.81. The summed E-state index contributed by atoms with van der Waals surface area (Å²) in [5.74, 6) is -0.677. The number of amides is 1. The fourth-order valence-corrected chi connectivity index (χ4v) is 1.69. The van der Waals surface area contributed by atoms with E-state index in [-0.39, 0.29) is 17.9 Å². The maximum Gasteiger partial charge on any atom is 0.407 e. The topological polar surface area (TPSA) is 76.7 Å². The van der Waals surface area contributed by atoms with E-state index in [1.807, 2.05) is 0 Å². The van der Waals surface area contributed by atoms with Gasteiger partial charge in [0, 0.05) is 13.1 Å². The highest BCUT2D eigenvalue weighted by Crippen LogP contribution is 2.12. The number of ether oxygens (including phenoxy) is 2. The molecule has 1 amide bonds. The first-order valence-electron chi connectivity index (χ1n) is 5.61. The molecule has 0 bridgehead atoms. The van der Waals surface area contributed by atoms with Crippen LogP contribution in [0.4, 0.5) is 4.79 Å². The molecule has 2 atom stereocenters. The van der Waals surface area contributed by atoms with Gasteiger partial charge in [-0.3, -0.25) is 4.79 Å². The van der Waals surface area contributed by atoms with Gasteiger partial charge in [0.25, 0.3) is 0 Å². The van der Waals surface area contributed by atoms with Gasteiger partial charge in [-0.25, -0.2) is 4.79 Å². The summed E-state index contributed by atoms with van der Waals surface area (Å²) in [4.78, 5) is 23.0. The highest BCUT2D eigenvalue weighted by atomic mass is 16.6. The standard InChI is InChI=1S/C11H20N2O4/c1-11(2,3)17-10(15)13-8-6-12-5-7(8)9(14)16-4/h7-8,12H,5-6H2,1-4H3,(H,13,15)/t7-,8+/m0/s1. The molecule has 1 heterocycles. The van der Waals surface area contributed by atoms with Crippen molar-refractivity contribution >= 4 is 12.1 Å². The Balaban J connectivity index is 2.50. The third-order valence-electron chi connectivity index (χ3n) is 2.42. The Morgan fingerprint density at radius 3 is 2.47 bits per heavy atom. The number of esters is 1. The van der Waals surface area contributed by atoms with Crippen LogP contribution in [0.5, 0.6) is 0 Å². The lowest BCUT2D eigenvalue weighted by molar-refractivity contribution is -0.145. The lowest BCUT2D eigenvalue weighted by Gasteiger charge is -2.23. The molecule has 0 aliphatic carbocycles. The Labute approximate surface area is 101 Å². The molecular weight excluding hydrogens is 224 g/mol. The normalized spacial score (nSPS) is 24.2. The van der Waals surface area contributed by atoms with Gasteiger partial charge in [0.05, 0.1) is 19.1 Å². The van der Waals surface area contributed by atoms with Crippen LogP contribution in [0.25, 0.3) is 0 Å². The van der Waals surface area contributed by atoms with Gasteiger partial charge in [0.15, 0.2) is 0 Å². The SMILES string of the molecule is COC(=O)[C@H]1CNC[C@H]1NC(=O)OC(C)(C)C. The maximum atomic E-state index is 11.6. The van der Waals surface area contributed by atoms with Gasteiger partial charge in [-0.2, -0.15) is 0 Å². The van der Waals surface area contributed by atoms with Crippen LogP contribution in [0, 0.1) is 5.92 Å². The van der Waals surface area contributed by atoms with Crippen molar-refractivity contribution in [1.29, 1.82) is 0 Å². The van der Waals surface area contributed by atoms with E-state index in [0.29, 0.717) is 13.1 Å². The number of hydrogen-bond acceptors (Lipinski definition) is 5. The number of rotatable bonds is 2. The Kier molecular flexibility index (Phi) is 4.34. The van der Waals surface area contributed by atoms with E-state index in [1.54, 1.807) is 20.8 Å². The Morgan fingerprint density at radius 2 is 1.94 bits per heavy atom. The van der Waals surface area contributed by atoms with Gasteiger partial charge < -0.3 is 20.1 Å². The van der Waals surface area contributed by atoms with E-state index in [0.717, 1.165) is 0 Å². The molecule has 17 heavy (non-hydrogen) atoms. The zero-order valence-electron chi connectivity index (χ0n) is 10.7. The monoisotopic (exact) mass is 244 g/mol. The van der Waals surface area contributed by atoms with Crippen molar-refractivity contribution in [3.05, 3.63) is 0 Å². The minimum absolute atomic E-state index is 0.280. The van der Waals surface area contributed by atoms with Gasteiger partial charge in [-0.1, -0.05) is 0 Å². The van der Waals surface area contributed by atoms with E-state index < -0.39 is 11.7 Å². The van der Waals surface area contributed by atoms with Gasteiger partial charge in [-0.05, 0) is 20.8 Å². The molecule has 1 aliphatic heterocycles. The Bertz CT molecular complexity index is 298. The van der Waals surface area contributed by atoms with Crippen LogP contribution in [0.2, 0.25) is 0 Å². The summed E-state index contributed by atoms with van der Waals surface area (Å²) in [6, 6.07) is -0.280. The van der Waals surface area contributed by atoms with E-state index in [4.69, 9.17) is 4.74 Å². The van der Waals surface area contributed by atoms with Crippen molar-refractivity contribution in [1.82, 2.24) is 10.6 Å². The van der Waals surface area contributed by atoms with Crippen LogP contribution in [0.1, 0.15) is 20.8 Å². The number of hydrogen-bond donors (Lipinski definition) is 2. The van der Waals surface area contributed by atoms with Crippen molar-refractivity contribution in [2.45, 2.75) is 32.4 Å². The van der Waals surface area contributed by atoms with E-state index in [2.05, 4.69) is 15.4 Å². The number of carbonyl (C=O) groups is 2. The van der Waals surface area contributed by atoms with Gasteiger partial charge >= 0.3 is 12.1 Å². The first-order chi connectivity index (χ1) is 7.83. The average Bonchev–Trinajstić information content (AvgIpc) is 2.61. The van der Waals surface area contributed by atoms with Crippen molar-refractivity contribution in [3.63, 3.8) is 0 Å². The number of nitrogens with one attached hydrogen (secondary N) is 2. The van der Waals surface area contributed by atoms with Crippen LogP contribution in [-0.2, 0) is 14.3 Å². The summed E-state index contributed by atoms with van der Waals surface area (Å²) in [5, 5.41) is 5.71. The lowest BCUT2D eigenvalue weighted by Crippen LogP contribution is -2.45. The predicted molar refractivity (Wildman–Crippen MR) is 61.5 cm³/mol. The summed E-state index contributed by atoms with van der Waals surface area (Å²) >= 11 is 0. The molecule has 0 aromatic heterocycles. The quantitative estimate of drug-likeness (QED) is 0.682. The van der Waals surface area contributed by atoms with E-state index >= 15 is 0 Å². The molecule has 0 aromatic carbocycles. The van der Waals surface area contributed by atoms with Crippen LogP contribution in [0.3, 0.4) is 0 Å². The Morgan fingerprint density at radius 1 is 1.29 bits per heavy atom. The zero-order chi connectivity index (χ0) is 13.1. The first-order valence-corrected chi connectivity index (χ1v) is 5.61. The van der Waals surface area contributed by atoms with Crippen LogP contribution in [-0.4, -0.2) is 43.9 Å². The fraction of sp³-hybridized carbons (Fsp3) is 0.818. The van der Waals surface area contributed by atoms with E-state index in [1.165, 1.54) is 7.11 Å². The number of carbonyl (C=O) groups excluding carboxylic acids is 2.